The van der Waals surface area contributed by atoms with Gasteiger partial charge in [-0.15, -0.1) is 0 Å². The van der Waals surface area contributed by atoms with Crippen LogP contribution in [0.2, 0.25) is 5.02 Å². The fraction of sp³-hybridized carbons (Fsp3) is 0.0714. The van der Waals surface area contributed by atoms with Gasteiger partial charge >= 0.3 is 0 Å². The molecule has 20 heavy (non-hydrogen) atoms. The van der Waals surface area contributed by atoms with Gasteiger partial charge < -0.3 is 10.5 Å². The van der Waals surface area contributed by atoms with Gasteiger partial charge in [-0.05, 0) is 30.3 Å². The second-order valence-electron chi connectivity index (χ2n) is 4.23. The Bertz CT molecular complexity index is 800. The number of hydrogen-bond acceptors (Lipinski definition) is 3. The molecule has 2 aromatic carbocycles. The van der Waals surface area contributed by atoms with Gasteiger partial charge in [0.1, 0.15) is 17.1 Å². The second kappa shape index (κ2) is 4.68. The molecule has 102 valence electrons. The number of anilines is 1. The van der Waals surface area contributed by atoms with E-state index in [4.69, 9.17) is 22.1 Å². The molecule has 6 heteroatoms. The molecule has 0 bridgehead atoms. The number of halogens is 2. The molecule has 0 amide bonds. The second-order valence-corrected chi connectivity index (χ2v) is 4.64. The number of hydrogen-bond donors (Lipinski definition) is 1. The van der Waals surface area contributed by atoms with Crippen molar-refractivity contribution >= 4 is 28.6 Å². The summed E-state index contributed by atoms with van der Waals surface area (Å²) in [5, 5.41) is 0.389. The van der Waals surface area contributed by atoms with Gasteiger partial charge in [-0.1, -0.05) is 17.7 Å². The zero-order valence-electron chi connectivity index (χ0n) is 10.6. The fourth-order valence-electron chi connectivity index (χ4n) is 2.17. The molecule has 0 atom stereocenters. The normalized spacial score (nSPS) is 10.9. The number of aromatic nitrogens is 2. The minimum absolute atomic E-state index is 0.219. The van der Waals surface area contributed by atoms with Crippen molar-refractivity contribution in [1.29, 1.82) is 0 Å². The number of fused-ring (bicyclic) bond motifs is 1. The lowest BCUT2D eigenvalue weighted by Crippen LogP contribution is -2.01. The van der Waals surface area contributed by atoms with Crippen molar-refractivity contribution in [3.05, 3.63) is 47.2 Å². The van der Waals surface area contributed by atoms with Crippen LogP contribution in [0.5, 0.6) is 5.75 Å². The zero-order valence-corrected chi connectivity index (χ0v) is 11.4. The van der Waals surface area contributed by atoms with E-state index < -0.39 is 5.82 Å². The van der Waals surface area contributed by atoms with E-state index in [0.29, 0.717) is 27.5 Å². The Labute approximate surface area is 119 Å². The smallest absolute Gasteiger partial charge is 0.206 e. The first kappa shape index (κ1) is 12.7. The number of imidazole rings is 1. The van der Waals surface area contributed by atoms with Crippen molar-refractivity contribution in [3.8, 4) is 11.4 Å². The van der Waals surface area contributed by atoms with E-state index >= 15 is 0 Å². The van der Waals surface area contributed by atoms with Crippen molar-refractivity contribution in [1.82, 2.24) is 9.55 Å². The van der Waals surface area contributed by atoms with E-state index in [-0.39, 0.29) is 5.95 Å². The highest BCUT2D eigenvalue weighted by molar-refractivity contribution is 6.32. The number of methoxy groups -OCH3 is 1. The monoisotopic (exact) mass is 291 g/mol. The van der Waals surface area contributed by atoms with E-state index in [9.17, 15) is 4.39 Å². The lowest BCUT2D eigenvalue weighted by atomic mass is 10.2. The summed E-state index contributed by atoms with van der Waals surface area (Å²) >= 11 is 6.13. The summed E-state index contributed by atoms with van der Waals surface area (Å²) in [6, 6.07) is 9.51. The van der Waals surface area contributed by atoms with Gasteiger partial charge in [-0.25, -0.2) is 9.37 Å². The molecule has 0 saturated heterocycles. The first-order valence-electron chi connectivity index (χ1n) is 5.88. The molecular formula is C14H11ClFN3O. The highest BCUT2D eigenvalue weighted by Crippen LogP contribution is 2.32. The van der Waals surface area contributed by atoms with Gasteiger partial charge in [0, 0.05) is 0 Å². The standard InChI is InChI=1S/C14H11ClFN3O/c1-20-12-4-2-3-10-13(12)18-14(17)19(10)11-7-8(16)5-6-9(11)15/h2-7H,1H3,(H2,17,18). The average Bonchev–Trinajstić information content (AvgIpc) is 2.77. The van der Waals surface area contributed by atoms with Crippen LogP contribution in [-0.2, 0) is 0 Å². The predicted molar refractivity (Wildman–Crippen MR) is 77.0 cm³/mol. The van der Waals surface area contributed by atoms with Crippen LogP contribution >= 0.6 is 11.6 Å². The van der Waals surface area contributed by atoms with Gasteiger partial charge in [-0.3, -0.25) is 4.57 Å². The number of nitrogens with two attached hydrogens (primary N) is 1. The minimum atomic E-state index is -0.395. The van der Waals surface area contributed by atoms with E-state index in [0.717, 1.165) is 0 Å². The lowest BCUT2D eigenvalue weighted by molar-refractivity contribution is 0.419. The van der Waals surface area contributed by atoms with Crippen molar-refractivity contribution < 1.29 is 9.13 Å². The molecule has 0 unspecified atom stereocenters. The third-order valence-corrected chi connectivity index (χ3v) is 3.36. The third kappa shape index (κ3) is 1.87. The van der Waals surface area contributed by atoms with Crippen LogP contribution in [0.3, 0.4) is 0 Å². The molecule has 0 fully saturated rings. The fourth-order valence-corrected chi connectivity index (χ4v) is 2.37. The molecule has 1 aromatic heterocycles. The Kier molecular flexibility index (Phi) is 2.99. The summed E-state index contributed by atoms with van der Waals surface area (Å²) in [6.45, 7) is 0. The number of ether oxygens (including phenoxy) is 1. The van der Waals surface area contributed by atoms with Crippen LogP contribution in [0.1, 0.15) is 0 Å². The molecule has 4 nitrogen and oxygen atoms in total. The third-order valence-electron chi connectivity index (χ3n) is 3.04. The Morgan fingerprint density at radius 3 is 2.85 bits per heavy atom. The van der Waals surface area contributed by atoms with Crippen LogP contribution in [0.25, 0.3) is 16.7 Å². The lowest BCUT2D eigenvalue weighted by Gasteiger charge is -2.09. The van der Waals surface area contributed by atoms with Crippen LogP contribution < -0.4 is 10.5 Å². The maximum Gasteiger partial charge on any atom is 0.206 e. The molecule has 0 spiro atoms. The summed E-state index contributed by atoms with van der Waals surface area (Å²) in [5.41, 5.74) is 7.70. The van der Waals surface area contributed by atoms with Gasteiger partial charge in [0.25, 0.3) is 0 Å². The maximum atomic E-state index is 13.5. The molecular weight excluding hydrogens is 281 g/mol. The van der Waals surface area contributed by atoms with Gasteiger partial charge in [0.05, 0.1) is 23.3 Å². The molecule has 0 aliphatic carbocycles. The minimum Gasteiger partial charge on any atom is -0.494 e. The number of benzene rings is 2. The van der Waals surface area contributed by atoms with Gasteiger partial charge in [0.2, 0.25) is 5.95 Å². The Hall–Kier alpha value is -2.27. The quantitative estimate of drug-likeness (QED) is 0.787. The molecule has 0 aliphatic heterocycles. The van der Waals surface area contributed by atoms with Gasteiger partial charge in [0.15, 0.2) is 0 Å². The largest absolute Gasteiger partial charge is 0.494 e. The van der Waals surface area contributed by atoms with E-state index in [1.807, 2.05) is 12.1 Å². The molecule has 3 aromatic rings. The Balaban J connectivity index is 2.37. The first-order valence-corrected chi connectivity index (χ1v) is 6.26. The summed E-state index contributed by atoms with van der Waals surface area (Å²) in [4.78, 5) is 4.27. The number of rotatable bonds is 2. The molecule has 0 saturated carbocycles. The van der Waals surface area contributed by atoms with Crippen molar-refractivity contribution in [2.24, 2.45) is 0 Å². The average molecular weight is 292 g/mol. The van der Waals surface area contributed by atoms with Crippen LogP contribution in [0.4, 0.5) is 10.3 Å². The number of nitrogens with zero attached hydrogens (tertiary/aromatic N) is 2. The number of para-hydroxylation sites is 1. The topological polar surface area (TPSA) is 53.1 Å². The van der Waals surface area contributed by atoms with Crippen molar-refractivity contribution in [3.63, 3.8) is 0 Å². The molecule has 2 N–H and O–H groups in total. The Morgan fingerprint density at radius 1 is 1.30 bits per heavy atom. The van der Waals surface area contributed by atoms with Gasteiger partial charge in [-0.2, -0.15) is 0 Å². The Morgan fingerprint density at radius 2 is 2.10 bits per heavy atom. The van der Waals surface area contributed by atoms with Crippen molar-refractivity contribution in [2.45, 2.75) is 0 Å². The molecule has 1 heterocycles. The number of nitrogen functional groups attached to an aromatic ring is 1. The molecule has 0 radical (unpaired) electrons. The highest BCUT2D eigenvalue weighted by atomic mass is 35.5. The highest BCUT2D eigenvalue weighted by Gasteiger charge is 2.15. The zero-order chi connectivity index (χ0) is 14.3. The SMILES string of the molecule is COc1cccc2c1nc(N)n2-c1cc(F)ccc1Cl. The molecule has 3 rings (SSSR count). The van der Waals surface area contributed by atoms with Crippen LogP contribution in [0, 0.1) is 5.82 Å². The predicted octanol–water partition coefficient (Wildman–Crippen LogP) is 3.41. The van der Waals surface area contributed by atoms with Crippen molar-refractivity contribution in [2.75, 3.05) is 12.8 Å². The van der Waals surface area contributed by atoms with Crippen LogP contribution in [0.15, 0.2) is 36.4 Å². The maximum absolute atomic E-state index is 13.5. The van der Waals surface area contributed by atoms with E-state index in [2.05, 4.69) is 4.98 Å². The van der Waals surface area contributed by atoms with E-state index in [1.54, 1.807) is 17.7 Å². The van der Waals surface area contributed by atoms with Crippen LogP contribution in [-0.4, -0.2) is 16.7 Å². The summed E-state index contributed by atoms with van der Waals surface area (Å²) < 4.78 is 20.3. The first-order chi connectivity index (χ1) is 9.61. The van der Waals surface area contributed by atoms with E-state index in [1.165, 1.54) is 18.2 Å². The summed E-state index contributed by atoms with van der Waals surface area (Å²) in [5.74, 6) is 0.422. The summed E-state index contributed by atoms with van der Waals surface area (Å²) in [6.07, 6.45) is 0. The summed E-state index contributed by atoms with van der Waals surface area (Å²) in [7, 11) is 1.55. The molecule has 0 aliphatic rings.